The number of aliphatic carboxylic acids is 1. The Morgan fingerprint density at radius 3 is 2.59 bits per heavy atom. The van der Waals surface area contributed by atoms with Crippen LogP contribution in [-0.4, -0.2) is 40.9 Å². The van der Waals surface area contributed by atoms with Crippen molar-refractivity contribution in [2.24, 2.45) is 11.3 Å². The molecule has 0 aromatic carbocycles. The average molecular weight is 247 g/mol. The van der Waals surface area contributed by atoms with E-state index >= 15 is 0 Å². The number of rotatable bonds is 1. The van der Waals surface area contributed by atoms with Gasteiger partial charge in [-0.3, -0.25) is 9.59 Å². The normalized spacial score (nSPS) is 35.5. The highest BCUT2D eigenvalue weighted by atomic mass is 19.3. The van der Waals surface area contributed by atoms with Gasteiger partial charge in [0.15, 0.2) is 0 Å². The van der Waals surface area contributed by atoms with E-state index in [1.54, 1.807) is 0 Å². The van der Waals surface area contributed by atoms with Gasteiger partial charge in [0.25, 0.3) is 5.92 Å². The molecule has 1 saturated carbocycles. The number of carbonyl (C=O) groups is 2. The fraction of sp³-hybridized carbons (Fsp3) is 0.818. The van der Waals surface area contributed by atoms with E-state index in [1.165, 1.54) is 11.8 Å². The van der Waals surface area contributed by atoms with Gasteiger partial charge >= 0.3 is 5.97 Å². The standard InChI is InChI=1S/C11H15F2NO3/c1-7(15)14-5-8-3-2-4-10(6-14,9(16)17)11(8,12)13/h8H,2-6H2,1H3,(H,16,17). The van der Waals surface area contributed by atoms with Gasteiger partial charge in [0.2, 0.25) is 5.91 Å². The molecule has 2 fully saturated rings. The number of fused-ring (bicyclic) bond motifs is 2. The molecule has 0 aromatic rings. The van der Waals surface area contributed by atoms with Crippen LogP contribution in [0, 0.1) is 11.3 Å². The summed E-state index contributed by atoms with van der Waals surface area (Å²) in [5, 5.41) is 9.16. The zero-order chi connectivity index (χ0) is 12.8. The summed E-state index contributed by atoms with van der Waals surface area (Å²) in [4.78, 5) is 23.8. The third kappa shape index (κ3) is 1.53. The van der Waals surface area contributed by atoms with E-state index in [9.17, 15) is 18.4 Å². The lowest BCUT2D eigenvalue weighted by Crippen LogP contribution is -2.66. The molecular formula is C11H15F2NO3. The highest BCUT2D eigenvalue weighted by molar-refractivity contribution is 5.80. The van der Waals surface area contributed by atoms with E-state index < -0.39 is 23.2 Å². The Labute approximate surface area is 97.6 Å². The summed E-state index contributed by atoms with van der Waals surface area (Å²) >= 11 is 0. The summed E-state index contributed by atoms with van der Waals surface area (Å²) in [5.74, 6) is -6.07. The van der Waals surface area contributed by atoms with Gasteiger partial charge in [-0.15, -0.1) is 0 Å². The van der Waals surface area contributed by atoms with Crippen molar-refractivity contribution in [3.05, 3.63) is 0 Å². The molecule has 1 N–H and O–H groups in total. The zero-order valence-corrected chi connectivity index (χ0v) is 9.58. The first-order valence-corrected chi connectivity index (χ1v) is 5.68. The lowest BCUT2D eigenvalue weighted by atomic mass is 9.63. The fourth-order valence-electron chi connectivity index (χ4n) is 2.99. The van der Waals surface area contributed by atoms with Crippen molar-refractivity contribution in [3.63, 3.8) is 0 Å². The second-order valence-corrected chi connectivity index (χ2v) is 5.00. The number of halogens is 2. The number of hydrogen-bond donors (Lipinski definition) is 1. The van der Waals surface area contributed by atoms with Gasteiger partial charge in [-0.25, -0.2) is 8.78 Å². The quantitative estimate of drug-likeness (QED) is 0.761. The van der Waals surface area contributed by atoms with Crippen LogP contribution in [0.3, 0.4) is 0 Å². The molecule has 17 heavy (non-hydrogen) atoms. The molecule has 0 aromatic heterocycles. The number of nitrogens with zero attached hydrogens (tertiary/aromatic N) is 1. The molecule has 2 atom stereocenters. The summed E-state index contributed by atoms with van der Waals surface area (Å²) < 4.78 is 28.3. The molecule has 2 aliphatic rings. The molecule has 1 aliphatic heterocycles. The second kappa shape index (κ2) is 3.65. The monoisotopic (exact) mass is 247 g/mol. The minimum absolute atomic E-state index is 0.0304. The largest absolute Gasteiger partial charge is 0.481 e. The minimum atomic E-state index is -3.22. The van der Waals surface area contributed by atoms with Crippen molar-refractivity contribution in [1.29, 1.82) is 0 Å². The smallest absolute Gasteiger partial charge is 0.317 e. The Kier molecular flexibility index (Phi) is 2.63. The van der Waals surface area contributed by atoms with Crippen molar-refractivity contribution in [2.45, 2.75) is 32.1 Å². The van der Waals surface area contributed by atoms with Gasteiger partial charge in [0, 0.05) is 25.9 Å². The highest BCUT2D eigenvalue weighted by Gasteiger charge is 2.67. The fourth-order valence-corrected chi connectivity index (χ4v) is 2.99. The Morgan fingerprint density at radius 1 is 1.41 bits per heavy atom. The molecule has 1 heterocycles. The summed E-state index contributed by atoms with van der Waals surface area (Å²) in [6, 6.07) is 0. The summed E-state index contributed by atoms with van der Waals surface area (Å²) in [5.41, 5.74) is -2.08. The maximum Gasteiger partial charge on any atom is 0.317 e. The lowest BCUT2D eigenvalue weighted by Gasteiger charge is -2.52. The molecule has 2 bridgehead atoms. The second-order valence-electron chi connectivity index (χ2n) is 5.00. The average Bonchev–Trinajstić information content (AvgIpc) is 2.14. The molecule has 1 aliphatic carbocycles. The first-order chi connectivity index (χ1) is 7.81. The van der Waals surface area contributed by atoms with Crippen molar-refractivity contribution < 1.29 is 23.5 Å². The van der Waals surface area contributed by atoms with Gasteiger partial charge < -0.3 is 10.0 Å². The van der Waals surface area contributed by atoms with Crippen LogP contribution >= 0.6 is 0 Å². The van der Waals surface area contributed by atoms with Gasteiger partial charge in [-0.1, -0.05) is 6.42 Å². The molecule has 2 unspecified atom stereocenters. The van der Waals surface area contributed by atoms with E-state index in [-0.39, 0.29) is 31.8 Å². The highest BCUT2D eigenvalue weighted by Crippen LogP contribution is 2.54. The molecule has 6 heteroatoms. The van der Waals surface area contributed by atoms with Gasteiger partial charge in [0.05, 0.1) is 0 Å². The first kappa shape index (κ1) is 12.3. The topological polar surface area (TPSA) is 57.6 Å². The van der Waals surface area contributed by atoms with Crippen molar-refractivity contribution >= 4 is 11.9 Å². The SMILES string of the molecule is CC(=O)N1CC2CCCC(C(=O)O)(C1)C2(F)F. The van der Waals surface area contributed by atoms with Crippen LogP contribution < -0.4 is 0 Å². The number of likely N-dealkylation sites (tertiary alicyclic amines) is 1. The molecule has 0 spiro atoms. The molecule has 4 nitrogen and oxygen atoms in total. The maximum atomic E-state index is 14.1. The van der Waals surface area contributed by atoms with Crippen LogP contribution in [0.5, 0.6) is 0 Å². The van der Waals surface area contributed by atoms with Crippen LogP contribution in [0.1, 0.15) is 26.2 Å². The summed E-state index contributed by atoms with van der Waals surface area (Å²) in [6.07, 6.45) is 0.708. The number of carbonyl (C=O) groups excluding carboxylic acids is 1. The lowest BCUT2D eigenvalue weighted by molar-refractivity contribution is -0.232. The number of piperidine rings is 1. The molecule has 0 radical (unpaired) electrons. The van der Waals surface area contributed by atoms with Crippen LogP contribution in [0.15, 0.2) is 0 Å². The van der Waals surface area contributed by atoms with Crippen molar-refractivity contribution in [3.8, 4) is 0 Å². The number of amides is 1. The van der Waals surface area contributed by atoms with Gasteiger partial charge in [-0.2, -0.15) is 0 Å². The minimum Gasteiger partial charge on any atom is -0.481 e. The van der Waals surface area contributed by atoms with Crippen LogP contribution in [0.4, 0.5) is 8.78 Å². The molecule has 1 saturated heterocycles. The van der Waals surface area contributed by atoms with Gasteiger partial charge in [-0.05, 0) is 12.8 Å². The number of hydrogen-bond acceptors (Lipinski definition) is 2. The Morgan fingerprint density at radius 2 is 2.06 bits per heavy atom. The Bertz CT molecular complexity index is 372. The Balaban J connectivity index is 2.42. The first-order valence-electron chi connectivity index (χ1n) is 5.68. The van der Waals surface area contributed by atoms with Crippen molar-refractivity contribution in [1.82, 2.24) is 4.90 Å². The van der Waals surface area contributed by atoms with Crippen LogP contribution in [-0.2, 0) is 9.59 Å². The van der Waals surface area contributed by atoms with Gasteiger partial charge in [0.1, 0.15) is 5.41 Å². The van der Waals surface area contributed by atoms with Crippen LogP contribution in [0.25, 0.3) is 0 Å². The predicted octanol–water partition coefficient (Wildman–Crippen LogP) is 1.35. The number of carboxylic acid groups (broad SMARTS) is 1. The zero-order valence-electron chi connectivity index (χ0n) is 9.58. The van der Waals surface area contributed by atoms with E-state index in [1.807, 2.05) is 0 Å². The van der Waals surface area contributed by atoms with E-state index in [4.69, 9.17) is 5.11 Å². The van der Waals surface area contributed by atoms with E-state index in [0.717, 1.165) is 0 Å². The maximum absolute atomic E-state index is 14.1. The third-order valence-corrected chi connectivity index (χ3v) is 4.06. The molecular weight excluding hydrogens is 232 g/mol. The van der Waals surface area contributed by atoms with E-state index in [2.05, 4.69) is 0 Å². The summed E-state index contributed by atoms with van der Waals surface area (Å²) in [6.45, 7) is 0.882. The van der Waals surface area contributed by atoms with Crippen molar-refractivity contribution in [2.75, 3.05) is 13.1 Å². The summed E-state index contributed by atoms with van der Waals surface area (Å²) in [7, 11) is 0. The van der Waals surface area contributed by atoms with Crippen LogP contribution in [0.2, 0.25) is 0 Å². The molecule has 2 rings (SSSR count). The molecule has 96 valence electrons. The Hall–Kier alpha value is -1.20. The molecule has 1 amide bonds. The van der Waals surface area contributed by atoms with E-state index in [0.29, 0.717) is 6.42 Å². The number of carboxylic acids is 1. The number of alkyl halides is 2. The predicted molar refractivity (Wildman–Crippen MR) is 54.6 cm³/mol. The third-order valence-electron chi connectivity index (χ3n) is 4.06.